The molecule has 2 aromatic rings. The molecule has 0 unspecified atom stereocenters. The van der Waals surface area contributed by atoms with Gasteiger partial charge >= 0.3 is 0 Å². The lowest BCUT2D eigenvalue weighted by molar-refractivity contribution is 0.0697. The number of hydrogen-bond donors (Lipinski definition) is 1. The zero-order valence-electron chi connectivity index (χ0n) is 15.4. The second kappa shape index (κ2) is 8.02. The van der Waals surface area contributed by atoms with E-state index in [1.807, 2.05) is 13.0 Å². The van der Waals surface area contributed by atoms with Crippen LogP contribution in [0.5, 0.6) is 0 Å². The van der Waals surface area contributed by atoms with Gasteiger partial charge in [-0.05, 0) is 77.5 Å². The van der Waals surface area contributed by atoms with Crippen LogP contribution in [0.1, 0.15) is 35.7 Å². The average Bonchev–Trinajstić information content (AvgIpc) is 2.65. The number of anilines is 1. The van der Waals surface area contributed by atoms with Crippen LogP contribution in [-0.2, 0) is 10.0 Å². The van der Waals surface area contributed by atoms with Crippen LogP contribution in [0.25, 0.3) is 0 Å². The fourth-order valence-electron chi connectivity index (χ4n) is 3.11. The molecule has 1 amide bonds. The Morgan fingerprint density at radius 2 is 1.85 bits per heavy atom. The predicted octanol–water partition coefficient (Wildman–Crippen LogP) is 4.43. The number of piperidine rings is 1. The van der Waals surface area contributed by atoms with E-state index in [-0.39, 0.29) is 10.8 Å². The highest BCUT2D eigenvalue weighted by Crippen LogP contribution is 2.27. The third-order valence-electron chi connectivity index (χ3n) is 4.83. The molecule has 27 heavy (non-hydrogen) atoms. The van der Waals surface area contributed by atoms with Crippen molar-refractivity contribution in [3.8, 4) is 0 Å². The Kier molecular flexibility index (Phi) is 5.91. The molecular weight excluding hydrogens is 428 g/mol. The van der Waals surface area contributed by atoms with E-state index in [2.05, 4.69) is 27.6 Å². The molecule has 1 aliphatic heterocycles. The lowest BCUT2D eigenvalue weighted by atomic mass is 9.98. The first kappa shape index (κ1) is 19.9. The molecule has 0 radical (unpaired) electrons. The summed E-state index contributed by atoms with van der Waals surface area (Å²) < 4.78 is 28.9. The smallest absolute Gasteiger partial charge is 0.261 e. The van der Waals surface area contributed by atoms with E-state index in [0.29, 0.717) is 34.7 Å². The summed E-state index contributed by atoms with van der Waals surface area (Å²) in [5.41, 5.74) is 1.81. The lowest BCUT2D eigenvalue weighted by Crippen LogP contribution is -2.37. The number of carbonyl (C=O) groups is 1. The van der Waals surface area contributed by atoms with Crippen LogP contribution in [-0.4, -0.2) is 32.3 Å². The van der Waals surface area contributed by atoms with Gasteiger partial charge in [0.05, 0.1) is 10.6 Å². The Balaban J connectivity index is 1.83. The maximum Gasteiger partial charge on any atom is 0.261 e. The molecule has 0 aliphatic carbocycles. The summed E-state index contributed by atoms with van der Waals surface area (Å²) in [5.74, 6) is 0.508. The van der Waals surface area contributed by atoms with Crippen molar-refractivity contribution >= 4 is 37.5 Å². The normalized spacial score (nSPS) is 15.6. The third-order valence-corrected chi connectivity index (χ3v) is 6.88. The number of aryl methyl sites for hydroxylation is 1. The van der Waals surface area contributed by atoms with Gasteiger partial charge in [-0.1, -0.05) is 19.1 Å². The summed E-state index contributed by atoms with van der Waals surface area (Å²) in [5, 5.41) is 0. The van der Waals surface area contributed by atoms with Crippen molar-refractivity contribution < 1.29 is 13.2 Å². The van der Waals surface area contributed by atoms with Crippen molar-refractivity contribution in [1.82, 2.24) is 4.90 Å². The highest BCUT2D eigenvalue weighted by Gasteiger charge is 2.23. The van der Waals surface area contributed by atoms with E-state index in [0.717, 1.165) is 18.4 Å². The van der Waals surface area contributed by atoms with Gasteiger partial charge in [0, 0.05) is 23.1 Å². The number of hydrogen-bond acceptors (Lipinski definition) is 3. The molecular formula is C20H23BrN2O3S. The number of amides is 1. The van der Waals surface area contributed by atoms with E-state index in [1.54, 1.807) is 29.2 Å². The molecule has 0 bridgehead atoms. The van der Waals surface area contributed by atoms with E-state index < -0.39 is 10.0 Å². The van der Waals surface area contributed by atoms with Crippen LogP contribution in [0.2, 0.25) is 0 Å². The average molecular weight is 451 g/mol. The summed E-state index contributed by atoms with van der Waals surface area (Å²) >= 11 is 3.36. The quantitative estimate of drug-likeness (QED) is 0.748. The van der Waals surface area contributed by atoms with Crippen LogP contribution in [0.3, 0.4) is 0 Å². The monoisotopic (exact) mass is 450 g/mol. The van der Waals surface area contributed by atoms with Gasteiger partial charge in [0.25, 0.3) is 15.9 Å². The van der Waals surface area contributed by atoms with Crippen LogP contribution in [0.15, 0.2) is 51.8 Å². The van der Waals surface area contributed by atoms with Gasteiger partial charge in [-0.3, -0.25) is 9.52 Å². The predicted molar refractivity (Wildman–Crippen MR) is 110 cm³/mol. The SMILES string of the molecule is Cc1ccc(Br)c(NS(=O)(=O)c2cccc(C(=O)N3CCC(C)CC3)c2)c1. The van der Waals surface area contributed by atoms with Crippen molar-refractivity contribution in [3.05, 3.63) is 58.1 Å². The molecule has 1 fully saturated rings. The molecule has 2 aromatic carbocycles. The number of nitrogens with zero attached hydrogens (tertiary/aromatic N) is 1. The zero-order valence-corrected chi connectivity index (χ0v) is 17.8. The minimum absolute atomic E-state index is 0.0760. The number of rotatable bonds is 4. The molecule has 3 rings (SSSR count). The summed E-state index contributed by atoms with van der Waals surface area (Å²) in [7, 11) is -3.80. The Hall–Kier alpha value is -1.86. The van der Waals surface area contributed by atoms with E-state index in [4.69, 9.17) is 0 Å². The van der Waals surface area contributed by atoms with Crippen LogP contribution >= 0.6 is 15.9 Å². The second-order valence-electron chi connectivity index (χ2n) is 7.09. The number of carbonyl (C=O) groups excluding carboxylic acids is 1. The van der Waals surface area contributed by atoms with Gasteiger partial charge < -0.3 is 4.90 Å². The number of likely N-dealkylation sites (tertiary alicyclic amines) is 1. The fourth-order valence-corrected chi connectivity index (χ4v) is 4.70. The van der Waals surface area contributed by atoms with Crippen LogP contribution in [0.4, 0.5) is 5.69 Å². The van der Waals surface area contributed by atoms with Gasteiger partial charge in [0.15, 0.2) is 0 Å². The summed E-state index contributed by atoms with van der Waals surface area (Å²) in [6.07, 6.45) is 1.96. The molecule has 1 aliphatic rings. The molecule has 1 heterocycles. The van der Waals surface area contributed by atoms with Gasteiger partial charge in [0.1, 0.15) is 0 Å². The van der Waals surface area contributed by atoms with Crippen LogP contribution in [0, 0.1) is 12.8 Å². The summed E-state index contributed by atoms with van der Waals surface area (Å²) in [6.45, 7) is 5.50. The molecule has 0 saturated carbocycles. The lowest BCUT2D eigenvalue weighted by Gasteiger charge is -2.30. The number of benzene rings is 2. The minimum atomic E-state index is -3.80. The number of sulfonamides is 1. The third kappa shape index (κ3) is 4.71. The molecule has 1 N–H and O–H groups in total. The summed E-state index contributed by atoms with van der Waals surface area (Å²) in [6, 6.07) is 11.7. The van der Waals surface area contributed by atoms with Crippen molar-refractivity contribution in [2.24, 2.45) is 5.92 Å². The molecule has 7 heteroatoms. The van der Waals surface area contributed by atoms with Crippen LogP contribution < -0.4 is 4.72 Å². The highest BCUT2D eigenvalue weighted by molar-refractivity contribution is 9.10. The fraction of sp³-hybridized carbons (Fsp3) is 0.350. The van der Waals surface area contributed by atoms with Crippen molar-refractivity contribution in [3.63, 3.8) is 0 Å². The maximum absolute atomic E-state index is 12.8. The molecule has 1 saturated heterocycles. The highest BCUT2D eigenvalue weighted by atomic mass is 79.9. The molecule has 144 valence electrons. The topological polar surface area (TPSA) is 66.5 Å². The molecule has 0 atom stereocenters. The first-order valence-electron chi connectivity index (χ1n) is 8.94. The Labute approximate surface area is 169 Å². The molecule has 5 nitrogen and oxygen atoms in total. The van der Waals surface area contributed by atoms with Crippen molar-refractivity contribution in [2.45, 2.75) is 31.6 Å². The van der Waals surface area contributed by atoms with Crippen molar-refractivity contribution in [2.75, 3.05) is 17.8 Å². The van der Waals surface area contributed by atoms with Crippen molar-refractivity contribution in [1.29, 1.82) is 0 Å². The Bertz CT molecular complexity index is 951. The standard InChI is InChI=1S/C20H23BrN2O3S/c1-14-8-10-23(11-9-14)20(24)16-4-3-5-17(13-16)27(25,26)22-19-12-15(2)6-7-18(19)21/h3-7,12-14,22H,8-11H2,1-2H3. The number of halogens is 1. The first-order valence-corrected chi connectivity index (χ1v) is 11.2. The maximum atomic E-state index is 12.8. The van der Waals surface area contributed by atoms with E-state index in [1.165, 1.54) is 12.1 Å². The Morgan fingerprint density at radius 3 is 2.56 bits per heavy atom. The van der Waals surface area contributed by atoms with Gasteiger partial charge in [0.2, 0.25) is 0 Å². The van der Waals surface area contributed by atoms with Gasteiger partial charge in [-0.15, -0.1) is 0 Å². The largest absolute Gasteiger partial charge is 0.339 e. The zero-order chi connectivity index (χ0) is 19.6. The van der Waals surface area contributed by atoms with E-state index >= 15 is 0 Å². The number of nitrogens with one attached hydrogen (secondary N) is 1. The summed E-state index contributed by atoms with van der Waals surface area (Å²) in [4.78, 5) is 14.6. The first-order chi connectivity index (χ1) is 12.8. The van der Waals surface area contributed by atoms with E-state index in [9.17, 15) is 13.2 Å². The Morgan fingerprint density at radius 1 is 1.15 bits per heavy atom. The van der Waals surface area contributed by atoms with Gasteiger partial charge in [-0.2, -0.15) is 0 Å². The molecule has 0 spiro atoms. The van der Waals surface area contributed by atoms with Gasteiger partial charge in [-0.25, -0.2) is 8.42 Å². The minimum Gasteiger partial charge on any atom is -0.339 e. The second-order valence-corrected chi connectivity index (χ2v) is 9.63. The molecule has 0 aromatic heterocycles.